The van der Waals surface area contributed by atoms with Crippen LogP contribution in [0.1, 0.15) is 32.4 Å². The lowest BCUT2D eigenvalue weighted by Crippen LogP contribution is -2.13. The number of nitrogens with zero attached hydrogens (tertiary/aromatic N) is 2. The summed E-state index contributed by atoms with van der Waals surface area (Å²) in [5.41, 5.74) is 1.27. The van der Waals surface area contributed by atoms with Crippen molar-refractivity contribution in [2.45, 2.75) is 33.4 Å². The number of nitrogens with one attached hydrogen (secondary N) is 1. The summed E-state index contributed by atoms with van der Waals surface area (Å²) in [4.78, 5) is 4.39. The molecular weight excluding hydrogens is 222 g/mol. The van der Waals surface area contributed by atoms with E-state index in [4.69, 9.17) is 0 Å². The summed E-state index contributed by atoms with van der Waals surface area (Å²) in [5.74, 6) is 1.56. The maximum absolute atomic E-state index is 4.39. The zero-order chi connectivity index (χ0) is 13.0. The van der Waals surface area contributed by atoms with Gasteiger partial charge in [0.2, 0.25) is 5.95 Å². The predicted octanol–water partition coefficient (Wildman–Crippen LogP) is 3.71. The molecule has 1 aromatic heterocycles. The molecule has 0 aliphatic carbocycles. The van der Waals surface area contributed by atoms with E-state index in [0.717, 1.165) is 12.5 Å². The molecule has 0 saturated carbocycles. The molecule has 2 rings (SSSR count). The number of anilines is 1. The molecule has 0 amide bonds. The Hall–Kier alpha value is -1.77. The Bertz CT molecular complexity index is 473. The second-order valence-corrected chi connectivity index (χ2v) is 5.07. The van der Waals surface area contributed by atoms with Crippen LogP contribution in [-0.4, -0.2) is 9.55 Å². The van der Waals surface area contributed by atoms with Crippen molar-refractivity contribution in [1.29, 1.82) is 0 Å². The van der Waals surface area contributed by atoms with E-state index in [1.807, 2.05) is 18.5 Å². The molecule has 18 heavy (non-hydrogen) atoms. The minimum Gasteiger partial charge on any atom is -0.349 e. The van der Waals surface area contributed by atoms with Gasteiger partial charge in [0.15, 0.2) is 0 Å². The van der Waals surface area contributed by atoms with Crippen LogP contribution in [0.25, 0.3) is 0 Å². The lowest BCUT2D eigenvalue weighted by atomic mass is 10.1. The molecule has 3 nitrogen and oxygen atoms in total. The number of hydrogen-bond acceptors (Lipinski definition) is 2. The summed E-state index contributed by atoms with van der Waals surface area (Å²) in [5, 5.41) is 3.46. The zero-order valence-electron chi connectivity index (χ0n) is 11.3. The van der Waals surface area contributed by atoms with Crippen molar-refractivity contribution >= 4 is 5.95 Å². The quantitative estimate of drug-likeness (QED) is 0.867. The fourth-order valence-electron chi connectivity index (χ4n) is 2.01. The third-order valence-electron chi connectivity index (χ3n) is 2.92. The van der Waals surface area contributed by atoms with Crippen LogP contribution in [0.5, 0.6) is 0 Å². The second kappa shape index (κ2) is 5.71. The maximum atomic E-state index is 4.39. The normalized spacial score (nSPS) is 12.7. The van der Waals surface area contributed by atoms with E-state index in [1.54, 1.807) is 0 Å². The van der Waals surface area contributed by atoms with Crippen LogP contribution in [0.15, 0.2) is 42.7 Å². The van der Waals surface area contributed by atoms with Crippen LogP contribution < -0.4 is 5.32 Å². The molecule has 1 heterocycles. The summed E-state index contributed by atoms with van der Waals surface area (Å²) < 4.78 is 2.17. The average Bonchev–Trinajstić information content (AvgIpc) is 2.77. The van der Waals surface area contributed by atoms with Gasteiger partial charge in [0, 0.05) is 18.9 Å². The molecule has 0 bridgehead atoms. The molecule has 1 unspecified atom stereocenters. The first-order chi connectivity index (χ1) is 8.66. The summed E-state index contributed by atoms with van der Waals surface area (Å²) in [6.45, 7) is 7.57. The lowest BCUT2D eigenvalue weighted by molar-refractivity contribution is 0.524. The highest BCUT2D eigenvalue weighted by molar-refractivity contribution is 5.32. The van der Waals surface area contributed by atoms with Crippen molar-refractivity contribution in [3.63, 3.8) is 0 Å². The Kier molecular flexibility index (Phi) is 4.03. The smallest absolute Gasteiger partial charge is 0.203 e. The van der Waals surface area contributed by atoms with E-state index in [1.165, 1.54) is 5.56 Å². The molecule has 1 atom stereocenters. The summed E-state index contributed by atoms with van der Waals surface area (Å²) in [7, 11) is 0. The molecule has 96 valence electrons. The fourth-order valence-corrected chi connectivity index (χ4v) is 2.01. The number of imidazole rings is 1. The minimum atomic E-state index is 0.263. The number of hydrogen-bond donors (Lipinski definition) is 1. The topological polar surface area (TPSA) is 29.9 Å². The molecule has 3 heteroatoms. The highest BCUT2D eigenvalue weighted by atomic mass is 15.2. The van der Waals surface area contributed by atoms with E-state index in [0.29, 0.717) is 5.92 Å². The van der Waals surface area contributed by atoms with E-state index >= 15 is 0 Å². The van der Waals surface area contributed by atoms with E-state index in [2.05, 4.69) is 59.9 Å². The number of rotatable bonds is 5. The first-order valence-corrected chi connectivity index (χ1v) is 6.49. The van der Waals surface area contributed by atoms with Gasteiger partial charge in [-0.15, -0.1) is 0 Å². The molecular formula is C15H21N3. The van der Waals surface area contributed by atoms with Crippen molar-refractivity contribution in [2.75, 3.05) is 5.32 Å². The van der Waals surface area contributed by atoms with Crippen LogP contribution >= 0.6 is 0 Å². The van der Waals surface area contributed by atoms with E-state index < -0.39 is 0 Å². The Morgan fingerprint density at radius 1 is 1.17 bits per heavy atom. The third kappa shape index (κ3) is 3.13. The minimum absolute atomic E-state index is 0.263. The highest BCUT2D eigenvalue weighted by Crippen LogP contribution is 2.18. The molecule has 0 radical (unpaired) electrons. The van der Waals surface area contributed by atoms with Crippen molar-refractivity contribution in [2.24, 2.45) is 5.92 Å². The van der Waals surface area contributed by atoms with Gasteiger partial charge in [-0.2, -0.15) is 0 Å². The van der Waals surface area contributed by atoms with Crippen molar-refractivity contribution in [3.05, 3.63) is 48.3 Å². The van der Waals surface area contributed by atoms with Crippen molar-refractivity contribution in [1.82, 2.24) is 9.55 Å². The zero-order valence-corrected chi connectivity index (χ0v) is 11.3. The Balaban J connectivity index is 2.08. The highest BCUT2D eigenvalue weighted by Gasteiger charge is 2.09. The lowest BCUT2D eigenvalue weighted by Gasteiger charge is -2.17. The van der Waals surface area contributed by atoms with Gasteiger partial charge >= 0.3 is 0 Å². The SMILES string of the molecule is CC(C)Cn1ccnc1NC(C)c1ccccc1. The summed E-state index contributed by atoms with van der Waals surface area (Å²) in [6.07, 6.45) is 3.88. The van der Waals surface area contributed by atoms with Crippen LogP contribution in [-0.2, 0) is 6.54 Å². The average molecular weight is 243 g/mol. The van der Waals surface area contributed by atoms with Gasteiger partial charge in [0.1, 0.15) is 0 Å². The van der Waals surface area contributed by atoms with Crippen molar-refractivity contribution < 1.29 is 0 Å². The van der Waals surface area contributed by atoms with Crippen LogP contribution in [0, 0.1) is 5.92 Å². The van der Waals surface area contributed by atoms with Gasteiger partial charge in [-0.1, -0.05) is 44.2 Å². The standard InChI is InChI=1S/C15H21N3/c1-12(2)11-18-10-9-16-15(18)17-13(3)14-7-5-4-6-8-14/h4-10,12-13H,11H2,1-3H3,(H,16,17). The van der Waals surface area contributed by atoms with Crippen LogP contribution in [0.2, 0.25) is 0 Å². The molecule has 0 aliphatic rings. The van der Waals surface area contributed by atoms with Gasteiger partial charge < -0.3 is 9.88 Å². The first kappa shape index (κ1) is 12.7. The van der Waals surface area contributed by atoms with Gasteiger partial charge in [0.05, 0.1) is 6.04 Å². The largest absolute Gasteiger partial charge is 0.349 e. The predicted molar refractivity (Wildman–Crippen MR) is 75.5 cm³/mol. The molecule has 0 saturated heterocycles. The number of benzene rings is 1. The fraction of sp³-hybridized carbons (Fsp3) is 0.400. The summed E-state index contributed by atoms with van der Waals surface area (Å²) >= 11 is 0. The molecule has 0 fully saturated rings. The number of aromatic nitrogens is 2. The van der Waals surface area contributed by atoms with Gasteiger partial charge in [-0.3, -0.25) is 0 Å². The monoisotopic (exact) mass is 243 g/mol. The van der Waals surface area contributed by atoms with E-state index in [-0.39, 0.29) is 6.04 Å². The van der Waals surface area contributed by atoms with Gasteiger partial charge in [-0.05, 0) is 18.4 Å². The molecule has 2 aromatic rings. The molecule has 0 spiro atoms. The van der Waals surface area contributed by atoms with Gasteiger partial charge in [0.25, 0.3) is 0 Å². The molecule has 0 aliphatic heterocycles. The Labute approximate surface area is 109 Å². The summed E-state index contributed by atoms with van der Waals surface area (Å²) in [6, 6.07) is 10.7. The first-order valence-electron chi connectivity index (χ1n) is 6.49. The van der Waals surface area contributed by atoms with Crippen LogP contribution in [0.4, 0.5) is 5.95 Å². The molecule has 1 aromatic carbocycles. The molecule has 1 N–H and O–H groups in total. The third-order valence-corrected chi connectivity index (χ3v) is 2.92. The Morgan fingerprint density at radius 2 is 1.89 bits per heavy atom. The van der Waals surface area contributed by atoms with E-state index in [9.17, 15) is 0 Å². The Morgan fingerprint density at radius 3 is 2.56 bits per heavy atom. The van der Waals surface area contributed by atoms with Gasteiger partial charge in [-0.25, -0.2) is 4.98 Å². The maximum Gasteiger partial charge on any atom is 0.203 e. The second-order valence-electron chi connectivity index (χ2n) is 5.07. The van der Waals surface area contributed by atoms with Crippen LogP contribution in [0.3, 0.4) is 0 Å². The van der Waals surface area contributed by atoms with Crippen molar-refractivity contribution in [3.8, 4) is 0 Å².